The Labute approximate surface area is 154 Å². The van der Waals surface area contributed by atoms with Crippen LogP contribution in [0.2, 0.25) is 0 Å². The van der Waals surface area contributed by atoms with Crippen LogP contribution in [0.5, 0.6) is 0 Å². The predicted octanol–water partition coefficient (Wildman–Crippen LogP) is 4.84. The summed E-state index contributed by atoms with van der Waals surface area (Å²) in [6.45, 7) is 0. The monoisotopic (exact) mass is 364 g/mol. The second kappa shape index (κ2) is 6.76. The molecule has 1 heterocycles. The quantitative estimate of drug-likeness (QED) is 0.491. The molecule has 3 aromatic carbocycles. The summed E-state index contributed by atoms with van der Waals surface area (Å²) >= 11 is 0. The first-order valence-electron chi connectivity index (χ1n) is 8.40. The second-order valence-electron chi connectivity index (χ2n) is 6.31. The zero-order chi connectivity index (χ0) is 19.0. The molecular weight excluding hydrogens is 350 g/mol. The van der Waals surface area contributed by atoms with Gasteiger partial charge in [0.25, 0.3) is 0 Å². The molecule has 27 heavy (non-hydrogen) atoms. The third kappa shape index (κ3) is 3.12. The highest BCUT2D eigenvalue weighted by molar-refractivity contribution is 6.03. The Morgan fingerprint density at radius 2 is 1.44 bits per heavy atom. The average molecular weight is 364 g/mol. The molecule has 1 aliphatic heterocycles. The first-order chi connectivity index (χ1) is 13.0. The van der Waals surface area contributed by atoms with E-state index in [2.05, 4.69) is 0 Å². The zero-order valence-corrected chi connectivity index (χ0v) is 14.1. The molecule has 0 aromatic heterocycles. The third-order valence-corrected chi connectivity index (χ3v) is 4.66. The number of cyclic esters (lactones) is 1. The molecule has 0 radical (unpaired) electrons. The van der Waals surface area contributed by atoms with Crippen LogP contribution in [-0.2, 0) is 4.74 Å². The fraction of sp³-hybridized carbons (Fsp3) is 0.0909. The number of Topliss-reactive ketones (excluding diaryl/α,β-unsaturated/α-hetero) is 1. The lowest BCUT2D eigenvalue weighted by molar-refractivity contribution is 0.0322. The van der Waals surface area contributed by atoms with Gasteiger partial charge in [-0.1, -0.05) is 30.3 Å². The van der Waals surface area contributed by atoms with Crippen LogP contribution < -0.4 is 0 Å². The van der Waals surface area contributed by atoms with Crippen molar-refractivity contribution in [3.63, 3.8) is 0 Å². The summed E-state index contributed by atoms with van der Waals surface area (Å²) in [5, 5.41) is 0. The largest absolute Gasteiger partial charge is 0.453 e. The molecule has 3 aromatic rings. The number of halogens is 2. The fourth-order valence-corrected chi connectivity index (χ4v) is 3.35. The van der Waals surface area contributed by atoms with E-state index in [0.717, 1.165) is 0 Å². The summed E-state index contributed by atoms with van der Waals surface area (Å²) in [4.78, 5) is 25.5. The highest BCUT2D eigenvalue weighted by Crippen LogP contribution is 2.42. The van der Waals surface area contributed by atoms with Crippen LogP contribution >= 0.6 is 0 Å². The summed E-state index contributed by atoms with van der Waals surface area (Å²) < 4.78 is 32.1. The first kappa shape index (κ1) is 17.1. The van der Waals surface area contributed by atoms with E-state index >= 15 is 0 Å². The van der Waals surface area contributed by atoms with Gasteiger partial charge in [-0.3, -0.25) is 4.79 Å². The number of fused-ring (bicyclic) bond motifs is 1. The smallest absolute Gasteiger partial charge is 0.339 e. The van der Waals surface area contributed by atoms with E-state index in [9.17, 15) is 18.4 Å². The van der Waals surface area contributed by atoms with E-state index in [4.69, 9.17) is 4.74 Å². The maximum absolute atomic E-state index is 13.4. The molecule has 0 fully saturated rings. The molecule has 134 valence electrons. The average Bonchev–Trinajstić information content (AvgIpc) is 3.01. The third-order valence-electron chi connectivity index (χ3n) is 4.66. The van der Waals surface area contributed by atoms with Gasteiger partial charge in [-0.05, 0) is 48.0 Å². The maximum atomic E-state index is 13.4. The zero-order valence-electron chi connectivity index (χ0n) is 14.1. The number of esters is 1. The van der Waals surface area contributed by atoms with Gasteiger partial charge in [-0.2, -0.15) is 0 Å². The molecule has 1 aliphatic rings. The van der Waals surface area contributed by atoms with Gasteiger partial charge in [-0.25, -0.2) is 13.6 Å². The van der Waals surface area contributed by atoms with Crippen LogP contribution in [-0.4, -0.2) is 11.8 Å². The SMILES string of the molecule is O=C1OC(C(C(=O)c2ccc(F)cc2)c2ccc(F)cc2)c2ccccc21. The van der Waals surface area contributed by atoms with E-state index in [-0.39, 0.29) is 11.3 Å². The number of hydrogen-bond acceptors (Lipinski definition) is 3. The van der Waals surface area contributed by atoms with Crippen molar-refractivity contribution >= 4 is 11.8 Å². The molecule has 5 heteroatoms. The normalized spacial score (nSPS) is 16.5. The van der Waals surface area contributed by atoms with Gasteiger partial charge in [0.2, 0.25) is 0 Å². The van der Waals surface area contributed by atoms with Crippen LogP contribution in [0.3, 0.4) is 0 Å². The minimum atomic E-state index is -0.872. The van der Waals surface area contributed by atoms with Crippen molar-refractivity contribution in [1.29, 1.82) is 0 Å². The van der Waals surface area contributed by atoms with Crippen LogP contribution in [0.15, 0.2) is 72.8 Å². The summed E-state index contributed by atoms with van der Waals surface area (Å²) in [7, 11) is 0. The highest BCUT2D eigenvalue weighted by Gasteiger charge is 2.41. The molecule has 2 atom stereocenters. The van der Waals surface area contributed by atoms with Gasteiger partial charge in [0.15, 0.2) is 5.78 Å². The standard InChI is InChI=1S/C22H14F2O3/c23-15-9-5-13(6-10-15)19(20(25)14-7-11-16(24)12-8-14)21-17-3-1-2-4-18(17)22(26)27-21/h1-12,19,21H. The first-order valence-corrected chi connectivity index (χ1v) is 8.40. The van der Waals surface area contributed by atoms with Crippen molar-refractivity contribution in [3.05, 3.63) is 107 Å². The molecule has 2 unspecified atom stereocenters. The van der Waals surface area contributed by atoms with Crippen molar-refractivity contribution in [1.82, 2.24) is 0 Å². The molecule has 0 saturated carbocycles. The summed E-state index contributed by atoms with van der Waals surface area (Å²) in [6.07, 6.45) is -0.836. The van der Waals surface area contributed by atoms with Gasteiger partial charge in [0.1, 0.15) is 17.7 Å². The van der Waals surface area contributed by atoms with Crippen LogP contribution in [0, 0.1) is 11.6 Å². The van der Waals surface area contributed by atoms with E-state index < -0.39 is 29.6 Å². The topological polar surface area (TPSA) is 43.4 Å². The van der Waals surface area contributed by atoms with Crippen LogP contribution in [0.4, 0.5) is 8.78 Å². The van der Waals surface area contributed by atoms with Gasteiger partial charge in [0.05, 0.1) is 11.5 Å². The van der Waals surface area contributed by atoms with Gasteiger partial charge in [-0.15, -0.1) is 0 Å². The molecule has 0 spiro atoms. The number of ketones is 1. The van der Waals surface area contributed by atoms with E-state index in [1.54, 1.807) is 24.3 Å². The van der Waals surface area contributed by atoms with Crippen molar-refractivity contribution in [2.24, 2.45) is 0 Å². The summed E-state index contributed by atoms with van der Waals surface area (Å²) in [6, 6.07) is 17.5. The Morgan fingerprint density at radius 3 is 2.11 bits per heavy atom. The van der Waals surface area contributed by atoms with Crippen LogP contribution in [0.1, 0.15) is 43.9 Å². The predicted molar refractivity (Wildman–Crippen MR) is 94.5 cm³/mol. The second-order valence-corrected chi connectivity index (χ2v) is 6.31. The maximum Gasteiger partial charge on any atom is 0.339 e. The minimum Gasteiger partial charge on any atom is -0.453 e. The lowest BCUT2D eigenvalue weighted by Crippen LogP contribution is -2.21. The van der Waals surface area contributed by atoms with E-state index in [0.29, 0.717) is 16.7 Å². The Kier molecular flexibility index (Phi) is 4.28. The number of carbonyl (C=O) groups excluding carboxylic acids is 2. The van der Waals surface area contributed by atoms with Gasteiger partial charge < -0.3 is 4.74 Å². The van der Waals surface area contributed by atoms with E-state index in [1.807, 2.05) is 0 Å². The fourth-order valence-electron chi connectivity index (χ4n) is 3.35. The van der Waals surface area contributed by atoms with Gasteiger partial charge in [0, 0.05) is 11.1 Å². The summed E-state index contributed by atoms with van der Waals surface area (Å²) in [5.74, 6) is -2.60. The Hall–Kier alpha value is -3.34. The molecule has 0 amide bonds. The number of hydrogen-bond donors (Lipinski definition) is 0. The lowest BCUT2D eigenvalue weighted by atomic mass is 9.83. The minimum absolute atomic E-state index is 0.283. The number of rotatable bonds is 4. The molecular formula is C22H14F2O3. The van der Waals surface area contributed by atoms with Crippen molar-refractivity contribution < 1.29 is 23.1 Å². The van der Waals surface area contributed by atoms with Crippen molar-refractivity contribution in [2.75, 3.05) is 0 Å². The van der Waals surface area contributed by atoms with Gasteiger partial charge >= 0.3 is 5.97 Å². The Bertz CT molecular complexity index is 1010. The highest BCUT2D eigenvalue weighted by atomic mass is 19.1. The molecule has 0 aliphatic carbocycles. The Morgan fingerprint density at radius 1 is 0.852 bits per heavy atom. The molecule has 3 nitrogen and oxygen atoms in total. The number of benzene rings is 3. The molecule has 0 N–H and O–H groups in total. The number of ether oxygens (including phenoxy) is 1. The molecule has 0 bridgehead atoms. The number of carbonyl (C=O) groups is 2. The van der Waals surface area contributed by atoms with Crippen molar-refractivity contribution in [3.8, 4) is 0 Å². The molecule has 0 saturated heterocycles. The lowest BCUT2D eigenvalue weighted by Gasteiger charge is -2.23. The van der Waals surface area contributed by atoms with Crippen LogP contribution in [0.25, 0.3) is 0 Å². The Balaban J connectivity index is 1.82. The summed E-state index contributed by atoms with van der Waals surface area (Å²) in [5.41, 5.74) is 1.81. The van der Waals surface area contributed by atoms with E-state index in [1.165, 1.54) is 48.5 Å². The van der Waals surface area contributed by atoms with Crippen molar-refractivity contribution in [2.45, 2.75) is 12.0 Å². The molecule has 4 rings (SSSR count).